The average molecular weight is 1520 g/mol. The summed E-state index contributed by atoms with van der Waals surface area (Å²) < 4.78 is 37.9. The maximum absolute atomic E-state index is 12.6. The number of fused-ring (bicyclic) bond motifs is 6. The third-order valence-corrected chi connectivity index (χ3v) is 20.2. The zero-order chi connectivity index (χ0) is 78.7. The summed E-state index contributed by atoms with van der Waals surface area (Å²) in [6, 6.07) is 6.45. The van der Waals surface area contributed by atoms with E-state index < -0.39 is 40.5 Å². The van der Waals surface area contributed by atoms with Crippen LogP contribution in [-0.4, -0.2) is 299 Å². The second kappa shape index (κ2) is 36.1. The molecule has 0 aromatic carbocycles. The second-order valence-corrected chi connectivity index (χ2v) is 32.8. The molecule has 6 aromatic rings. The number of aliphatic hydroxyl groups excluding tert-OH is 3. The number of ether oxygens (including phenoxy) is 6. The summed E-state index contributed by atoms with van der Waals surface area (Å²) in [5.41, 5.74) is 7.53. The number of methoxy groups -OCH3 is 2. The third-order valence-electron chi connectivity index (χ3n) is 20.2. The smallest absolute Gasteiger partial charge is 0.411 e. The zero-order valence-corrected chi connectivity index (χ0v) is 66.4. The van der Waals surface area contributed by atoms with Crippen LogP contribution in [-0.2, 0) is 71.7 Å². The van der Waals surface area contributed by atoms with Crippen molar-refractivity contribution < 1.29 is 72.8 Å². The van der Waals surface area contributed by atoms with Gasteiger partial charge >= 0.3 is 30.3 Å². The molecule has 9 aliphatic heterocycles. The Morgan fingerprint density at radius 3 is 1.12 bits per heavy atom. The number of carbonyl (C=O) groups excluding carboxylic acids is 4. The van der Waals surface area contributed by atoms with Gasteiger partial charge in [0.2, 0.25) is 0 Å². The fraction of sp³-hybridized carbons (Fsp3) is 0.697. The molecular formula is C76H118N18O15. The summed E-state index contributed by atoms with van der Waals surface area (Å²) >= 11 is 0. The third kappa shape index (κ3) is 21.0. The number of nitrogens with one attached hydrogen (secondary N) is 2. The number of hydrogen-bond acceptors (Lipinski definition) is 25. The largest absolute Gasteiger partial charge is 0.480 e. The summed E-state index contributed by atoms with van der Waals surface area (Å²) in [5.74, 6) is 2.37. The van der Waals surface area contributed by atoms with E-state index in [9.17, 15) is 29.1 Å². The van der Waals surface area contributed by atoms with E-state index in [0.29, 0.717) is 96.3 Å². The lowest BCUT2D eigenvalue weighted by molar-refractivity contribution is -0.147. The molecule has 6 aromatic heterocycles. The molecule has 0 spiro atoms. The highest BCUT2D eigenvalue weighted by Crippen LogP contribution is 2.37. The van der Waals surface area contributed by atoms with Crippen LogP contribution in [0.1, 0.15) is 155 Å². The fourth-order valence-corrected chi connectivity index (χ4v) is 14.0. The molecule has 602 valence electrons. The highest BCUT2D eigenvalue weighted by molar-refractivity contribution is 5.82. The number of nitrogens with zero attached hydrogens (tertiary/aromatic N) is 16. The van der Waals surface area contributed by atoms with Crippen molar-refractivity contribution in [1.29, 1.82) is 0 Å². The van der Waals surface area contributed by atoms with Crippen molar-refractivity contribution >= 4 is 64.7 Å². The first kappa shape index (κ1) is 83.0. The number of aliphatic hydroxyl groups is 3. The fourth-order valence-electron chi connectivity index (χ4n) is 14.0. The molecular weight excluding hydrogens is 1400 g/mol. The molecule has 0 saturated carbocycles. The number of amides is 4. The normalized spacial score (nSPS) is 21.6. The molecule has 6 saturated heterocycles. The Bertz CT molecular complexity index is 4050. The minimum absolute atomic E-state index is 0.0270. The Morgan fingerprint density at radius 1 is 0.431 bits per heavy atom. The topological polar surface area (TPSA) is 359 Å². The predicted molar refractivity (Wildman–Crippen MR) is 409 cm³/mol. The molecule has 6 N–H and O–H groups in total. The van der Waals surface area contributed by atoms with Crippen LogP contribution in [0.15, 0.2) is 36.8 Å². The number of aliphatic carboxylic acids is 1. The van der Waals surface area contributed by atoms with E-state index in [2.05, 4.69) is 40.6 Å². The molecule has 15 rings (SSSR count). The number of carboxylic acids is 1. The molecule has 15 heterocycles. The number of likely N-dealkylation sites (tertiary alicyclic amines) is 2. The molecule has 6 atom stereocenters. The van der Waals surface area contributed by atoms with E-state index in [4.69, 9.17) is 58.7 Å². The minimum atomic E-state index is -0.970. The van der Waals surface area contributed by atoms with Crippen LogP contribution in [0.5, 0.6) is 0 Å². The molecule has 0 aliphatic carbocycles. The summed E-state index contributed by atoms with van der Waals surface area (Å²) in [7, 11) is 3.52. The summed E-state index contributed by atoms with van der Waals surface area (Å²) in [6.45, 7) is 33.6. The van der Waals surface area contributed by atoms with Gasteiger partial charge in [-0.15, -0.1) is 0 Å². The van der Waals surface area contributed by atoms with Crippen LogP contribution < -0.4 is 25.3 Å². The van der Waals surface area contributed by atoms with Crippen LogP contribution >= 0.6 is 0 Å². The maximum Gasteiger partial charge on any atom is 0.411 e. The lowest BCUT2D eigenvalue weighted by Crippen LogP contribution is -2.56. The number of hydrogen-bond donors (Lipinski definition) is 6. The van der Waals surface area contributed by atoms with Crippen LogP contribution in [0.2, 0.25) is 0 Å². The lowest BCUT2D eigenvalue weighted by Gasteiger charge is -2.43. The van der Waals surface area contributed by atoms with Gasteiger partial charge in [0.1, 0.15) is 45.9 Å². The van der Waals surface area contributed by atoms with Gasteiger partial charge in [-0.05, 0) is 154 Å². The van der Waals surface area contributed by atoms with Crippen molar-refractivity contribution in [2.24, 2.45) is 0 Å². The first-order chi connectivity index (χ1) is 51.8. The van der Waals surface area contributed by atoms with E-state index in [1.54, 1.807) is 62.1 Å². The lowest BCUT2D eigenvalue weighted by atomic mass is 10.0. The van der Waals surface area contributed by atoms with E-state index in [1.807, 2.05) is 100 Å². The van der Waals surface area contributed by atoms with Gasteiger partial charge in [0.05, 0.1) is 92.9 Å². The standard InChI is InChI=1S/C20H29N5O3.C19H27N5O3.C15H21N5O.C9H15NO4.C9H17NO3.C4H9NO/c1-20(2,3)28-19(26)23-10-7-15-16(8-11-23)22-17-5-9-21-25(17)18(15)24-12-6-14(24)13-27-4;1-19(2,3)27-18(26)22-9-6-14-15(7-10-22)21-16-4-8-20-24(16)17(14)23-11-5-13(23)12-25;1-21-10-11-5-9-19(11)15-12-2-6-16-7-3-13(12)18-14-4-8-17-20(14)15;1-9(2,3)14-8(13)10-5-4-6(10)7(11)12;1-9(2,3)13-8(12)10-5-4-7(10)6-11;6-3-4-1-2-5-4/h5,9,14H,6-8,10-13H2,1-4H3;4,8,13,25H,5-7,9-12H2,1-3H3;4,8,11,16H,2-3,5-7,9-10H2,1H3;6H,4-5H2,1-3H3,(H,11,12);7,11H,4-6H2,1-3H3;4-6H,1-3H2. The van der Waals surface area contributed by atoms with Gasteiger partial charge in [-0.25, -0.2) is 38.9 Å². The van der Waals surface area contributed by atoms with Crippen molar-refractivity contribution in [3.05, 3.63) is 70.6 Å². The van der Waals surface area contributed by atoms with Crippen LogP contribution in [0.25, 0.3) is 16.9 Å². The van der Waals surface area contributed by atoms with Gasteiger partial charge in [0.25, 0.3) is 0 Å². The van der Waals surface area contributed by atoms with Gasteiger partial charge in [0, 0.05) is 140 Å². The monoisotopic (exact) mass is 1520 g/mol. The van der Waals surface area contributed by atoms with Gasteiger partial charge < -0.3 is 88.9 Å². The van der Waals surface area contributed by atoms with E-state index >= 15 is 0 Å². The van der Waals surface area contributed by atoms with Crippen LogP contribution in [0.4, 0.5) is 36.6 Å². The van der Waals surface area contributed by atoms with Gasteiger partial charge in [-0.1, -0.05) is 0 Å². The highest BCUT2D eigenvalue weighted by atomic mass is 16.6. The van der Waals surface area contributed by atoms with Crippen molar-refractivity contribution in [3.8, 4) is 0 Å². The van der Waals surface area contributed by atoms with Crippen LogP contribution in [0, 0.1) is 0 Å². The first-order valence-electron chi connectivity index (χ1n) is 38.6. The molecule has 0 bridgehead atoms. The highest BCUT2D eigenvalue weighted by Gasteiger charge is 2.42. The van der Waals surface area contributed by atoms with Gasteiger partial charge in [-0.3, -0.25) is 4.90 Å². The van der Waals surface area contributed by atoms with Crippen molar-refractivity contribution in [2.45, 2.75) is 219 Å². The molecule has 6 fully saturated rings. The first-order valence-corrected chi connectivity index (χ1v) is 38.6. The van der Waals surface area contributed by atoms with Crippen molar-refractivity contribution in [1.82, 2.24) is 74.0 Å². The second-order valence-electron chi connectivity index (χ2n) is 32.8. The Kier molecular flexibility index (Phi) is 27.5. The molecule has 0 radical (unpaired) electrons. The molecule has 33 heteroatoms. The number of carboxylic acid groups (broad SMARTS) is 1. The van der Waals surface area contributed by atoms with Crippen molar-refractivity contribution in [2.75, 3.05) is 140 Å². The number of rotatable bonds is 11. The summed E-state index contributed by atoms with van der Waals surface area (Å²) in [5, 5.41) is 55.5. The molecule has 4 amide bonds. The SMILES string of the molecule is CC(C)(C)OC(=O)N1CCC1C(=O)O.CC(C)(C)OC(=O)N1CCC1CO.CC(C)(C)OC(=O)N1CCc2nc3ccnn3c(N3CCC3CO)c2CC1.COCC1CCN1c1c2c(nc3ccnn13)CCN(C(=O)OC(C)(C)C)CC2.COCC1CCN1c1c2c(nc3ccnn13)CCNCC2.OCC1CCN1. The quantitative estimate of drug-likeness (QED) is 0.0812. The van der Waals surface area contributed by atoms with Gasteiger partial charge in [-0.2, -0.15) is 28.8 Å². The molecule has 33 nitrogen and oxygen atoms in total. The Hall–Kier alpha value is -8.47. The van der Waals surface area contributed by atoms with E-state index in [-0.39, 0.29) is 43.6 Å². The number of anilines is 3. The number of aromatic nitrogens is 9. The van der Waals surface area contributed by atoms with Crippen molar-refractivity contribution in [3.63, 3.8) is 0 Å². The molecule has 9 aliphatic rings. The maximum atomic E-state index is 12.6. The molecule has 109 heavy (non-hydrogen) atoms. The van der Waals surface area contributed by atoms with E-state index in [0.717, 1.165) is 136 Å². The summed E-state index contributed by atoms with van der Waals surface area (Å²) in [6.07, 6.45) is 14.6. The minimum Gasteiger partial charge on any atom is -0.480 e. The number of carbonyl (C=O) groups is 5. The van der Waals surface area contributed by atoms with Crippen LogP contribution in [0.3, 0.4) is 0 Å². The Morgan fingerprint density at radius 2 is 0.798 bits per heavy atom. The Labute approximate surface area is 638 Å². The zero-order valence-electron chi connectivity index (χ0n) is 66.4. The van der Waals surface area contributed by atoms with Gasteiger partial charge in [0.15, 0.2) is 16.9 Å². The molecule has 6 unspecified atom stereocenters. The predicted octanol–water partition coefficient (Wildman–Crippen LogP) is 5.98. The Balaban J connectivity index is 0.000000146. The summed E-state index contributed by atoms with van der Waals surface area (Å²) in [4.78, 5) is 86.3. The van der Waals surface area contributed by atoms with E-state index in [1.165, 1.54) is 34.0 Å². The average Bonchev–Trinajstić information content (AvgIpc) is 1.75.